The molecular weight excluding hydrogens is 254 g/mol. The van der Waals surface area contributed by atoms with E-state index >= 15 is 0 Å². The van der Waals surface area contributed by atoms with Crippen molar-refractivity contribution in [3.63, 3.8) is 0 Å². The second-order valence-electron chi connectivity index (χ2n) is 5.50. The Kier molecular flexibility index (Phi) is 3.54. The summed E-state index contributed by atoms with van der Waals surface area (Å²) in [5, 5.41) is 5.76. The van der Waals surface area contributed by atoms with Crippen molar-refractivity contribution in [2.45, 2.75) is 18.9 Å². The van der Waals surface area contributed by atoms with E-state index in [1.54, 1.807) is 6.07 Å². The first-order valence-electron chi connectivity index (χ1n) is 7.05. The molecule has 0 spiro atoms. The SMILES string of the molecule is CN1CCNCC1CCc1cccc2c1C(=O)NC2=O. The zero-order chi connectivity index (χ0) is 14.1. The molecule has 1 aromatic rings. The number of hydrogen-bond acceptors (Lipinski definition) is 4. The number of fused-ring (bicyclic) bond motifs is 1. The van der Waals surface area contributed by atoms with Gasteiger partial charge in [0.2, 0.25) is 0 Å². The summed E-state index contributed by atoms with van der Waals surface area (Å²) in [5.41, 5.74) is 2.07. The van der Waals surface area contributed by atoms with Gasteiger partial charge in [0.25, 0.3) is 11.8 Å². The standard InChI is InChI=1S/C15H19N3O2/c1-18-8-7-16-9-11(18)6-5-10-3-2-4-12-13(10)15(20)17-14(12)19/h2-4,11,16H,5-9H2,1H3,(H,17,19,20). The van der Waals surface area contributed by atoms with Gasteiger partial charge < -0.3 is 10.2 Å². The smallest absolute Gasteiger partial charge is 0.259 e. The third kappa shape index (κ3) is 2.34. The number of aryl methyl sites for hydroxylation is 1. The molecule has 0 aliphatic carbocycles. The first-order chi connectivity index (χ1) is 9.66. The summed E-state index contributed by atoms with van der Waals surface area (Å²) < 4.78 is 0. The van der Waals surface area contributed by atoms with Gasteiger partial charge in [0.1, 0.15) is 0 Å². The molecule has 2 heterocycles. The van der Waals surface area contributed by atoms with Crippen LogP contribution in [0.1, 0.15) is 32.7 Å². The molecule has 2 aliphatic heterocycles. The highest BCUT2D eigenvalue weighted by Gasteiger charge is 2.29. The fraction of sp³-hybridized carbons (Fsp3) is 0.467. The fourth-order valence-electron chi connectivity index (χ4n) is 3.01. The summed E-state index contributed by atoms with van der Waals surface area (Å²) >= 11 is 0. The summed E-state index contributed by atoms with van der Waals surface area (Å²) in [5.74, 6) is -0.529. The predicted octanol–water partition coefficient (Wildman–Crippen LogP) is 0.406. The highest BCUT2D eigenvalue weighted by molar-refractivity contribution is 6.22. The van der Waals surface area contributed by atoms with Crippen molar-refractivity contribution in [3.05, 3.63) is 34.9 Å². The van der Waals surface area contributed by atoms with Gasteiger partial charge in [-0.1, -0.05) is 12.1 Å². The summed E-state index contributed by atoms with van der Waals surface area (Å²) in [7, 11) is 2.14. The minimum Gasteiger partial charge on any atom is -0.314 e. The van der Waals surface area contributed by atoms with E-state index in [4.69, 9.17) is 0 Å². The quantitative estimate of drug-likeness (QED) is 0.783. The van der Waals surface area contributed by atoms with Crippen LogP contribution in [0.25, 0.3) is 0 Å². The van der Waals surface area contributed by atoms with Crippen LogP contribution >= 0.6 is 0 Å². The van der Waals surface area contributed by atoms with Crippen LogP contribution in [-0.2, 0) is 6.42 Å². The summed E-state index contributed by atoms with van der Waals surface area (Å²) in [6, 6.07) is 6.01. The fourth-order valence-corrected chi connectivity index (χ4v) is 3.01. The molecule has 1 unspecified atom stereocenters. The third-order valence-electron chi connectivity index (χ3n) is 4.24. The second-order valence-corrected chi connectivity index (χ2v) is 5.50. The maximum Gasteiger partial charge on any atom is 0.259 e. The van der Waals surface area contributed by atoms with Gasteiger partial charge in [0, 0.05) is 25.7 Å². The molecule has 1 aromatic carbocycles. The molecule has 0 radical (unpaired) electrons. The minimum absolute atomic E-state index is 0.254. The highest BCUT2D eigenvalue weighted by Crippen LogP contribution is 2.22. The van der Waals surface area contributed by atoms with Crippen LogP contribution in [0.4, 0.5) is 0 Å². The molecule has 5 heteroatoms. The minimum atomic E-state index is -0.275. The van der Waals surface area contributed by atoms with Crippen LogP contribution in [0.5, 0.6) is 0 Å². The molecule has 1 atom stereocenters. The van der Waals surface area contributed by atoms with E-state index in [-0.39, 0.29) is 11.8 Å². The van der Waals surface area contributed by atoms with Crippen molar-refractivity contribution >= 4 is 11.8 Å². The number of rotatable bonds is 3. The molecule has 0 aromatic heterocycles. The van der Waals surface area contributed by atoms with Crippen molar-refractivity contribution in [2.75, 3.05) is 26.7 Å². The first-order valence-corrected chi connectivity index (χ1v) is 7.05. The number of carbonyl (C=O) groups excluding carboxylic acids is 2. The summed E-state index contributed by atoms with van der Waals surface area (Å²) in [4.78, 5) is 25.8. The Labute approximate surface area is 118 Å². The number of piperazine rings is 1. The molecule has 0 saturated carbocycles. The largest absolute Gasteiger partial charge is 0.314 e. The number of amides is 2. The van der Waals surface area contributed by atoms with E-state index < -0.39 is 0 Å². The van der Waals surface area contributed by atoms with Crippen LogP contribution < -0.4 is 10.6 Å². The van der Waals surface area contributed by atoms with Gasteiger partial charge in [0.05, 0.1) is 11.1 Å². The molecule has 1 saturated heterocycles. The third-order valence-corrected chi connectivity index (χ3v) is 4.24. The number of nitrogens with one attached hydrogen (secondary N) is 2. The lowest BCUT2D eigenvalue weighted by Gasteiger charge is -2.33. The van der Waals surface area contributed by atoms with E-state index in [1.165, 1.54) is 0 Å². The molecule has 2 amide bonds. The van der Waals surface area contributed by atoms with Crippen molar-refractivity contribution in [1.82, 2.24) is 15.5 Å². The molecule has 106 valence electrons. The van der Waals surface area contributed by atoms with Gasteiger partial charge in [0.15, 0.2) is 0 Å². The Bertz CT molecular complexity index is 556. The molecular formula is C15H19N3O2. The molecule has 2 aliphatic rings. The van der Waals surface area contributed by atoms with E-state index in [0.29, 0.717) is 17.2 Å². The topological polar surface area (TPSA) is 61.4 Å². The number of benzene rings is 1. The van der Waals surface area contributed by atoms with E-state index in [1.807, 2.05) is 12.1 Å². The molecule has 3 rings (SSSR count). The van der Waals surface area contributed by atoms with E-state index in [0.717, 1.165) is 38.0 Å². The molecule has 5 nitrogen and oxygen atoms in total. The first kappa shape index (κ1) is 13.3. The van der Waals surface area contributed by atoms with Crippen LogP contribution in [0.2, 0.25) is 0 Å². The number of likely N-dealkylation sites (N-methyl/N-ethyl adjacent to an activating group) is 1. The van der Waals surface area contributed by atoms with Crippen molar-refractivity contribution in [2.24, 2.45) is 0 Å². The van der Waals surface area contributed by atoms with Crippen molar-refractivity contribution in [1.29, 1.82) is 0 Å². The number of nitrogens with zero attached hydrogens (tertiary/aromatic N) is 1. The van der Waals surface area contributed by atoms with Crippen LogP contribution in [0.3, 0.4) is 0 Å². The normalized spacial score (nSPS) is 22.8. The Balaban J connectivity index is 1.76. The predicted molar refractivity (Wildman–Crippen MR) is 75.8 cm³/mol. The van der Waals surface area contributed by atoms with Gasteiger partial charge >= 0.3 is 0 Å². The number of carbonyl (C=O) groups is 2. The maximum atomic E-state index is 11.9. The van der Waals surface area contributed by atoms with E-state index in [9.17, 15) is 9.59 Å². The number of imide groups is 1. The lowest BCUT2D eigenvalue weighted by Crippen LogP contribution is -2.49. The van der Waals surface area contributed by atoms with Crippen LogP contribution in [-0.4, -0.2) is 49.4 Å². The van der Waals surface area contributed by atoms with Gasteiger partial charge in [-0.15, -0.1) is 0 Å². The van der Waals surface area contributed by atoms with Crippen LogP contribution in [0.15, 0.2) is 18.2 Å². The van der Waals surface area contributed by atoms with Crippen LogP contribution in [0, 0.1) is 0 Å². The second kappa shape index (κ2) is 5.34. The van der Waals surface area contributed by atoms with Crippen molar-refractivity contribution in [3.8, 4) is 0 Å². The van der Waals surface area contributed by atoms with Gasteiger partial charge in [-0.2, -0.15) is 0 Å². The van der Waals surface area contributed by atoms with Crippen molar-refractivity contribution < 1.29 is 9.59 Å². The number of hydrogen-bond donors (Lipinski definition) is 2. The van der Waals surface area contributed by atoms with Gasteiger partial charge in [-0.3, -0.25) is 14.9 Å². The average Bonchev–Trinajstić information content (AvgIpc) is 2.74. The summed E-state index contributed by atoms with van der Waals surface area (Å²) in [6.45, 7) is 3.07. The molecule has 1 fully saturated rings. The highest BCUT2D eigenvalue weighted by atomic mass is 16.2. The molecule has 2 N–H and O–H groups in total. The maximum absolute atomic E-state index is 11.9. The Morgan fingerprint density at radius 1 is 1.30 bits per heavy atom. The Hall–Kier alpha value is -1.72. The van der Waals surface area contributed by atoms with E-state index in [2.05, 4.69) is 22.6 Å². The Morgan fingerprint density at radius 3 is 2.95 bits per heavy atom. The summed E-state index contributed by atoms with van der Waals surface area (Å²) in [6.07, 6.45) is 1.81. The molecule has 20 heavy (non-hydrogen) atoms. The zero-order valence-corrected chi connectivity index (χ0v) is 11.6. The Morgan fingerprint density at radius 2 is 2.15 bits per heavy atom. The molecule has 0 bridgehead atoms. The lowest BCUT2D eigenvalue weighted by atomic mass is 9.96. The zero-order valence-electron chi connectivity index (χ0n) is 11.6. The monoisotopic (exact) mass is 273 g/mol. The lowest BCUT2D eigenvalue weighted by molar-refractivity contribution is 0.0879. The average molecular weight is 273 g/mol. The van der Waals surface area contributed by atoms with Gasteiger partial charge in [-0.25, -0.2) is 0 Å². The van der Waals surface area contributed by atoms with Gasteiger partial charge in [-0.05, 0) is 31.5 Å².